The van der Waals surface area contributed by atoms with Crippen molar-refractivity contribution in [3.8, 4) is 0 Å². The third kappa shape index (κ3) is 3.77. The topological polar surface area (TPSA) is 51.2 Å². The van der Waals surface area contributed by atoms with E-state index in [0.717, 1.165) is 6.26 Å². The van der Waals surface area contributed by atoms with Crippen molar-refractivity contribution in [2.24, 2.45) is 0 Å². The number of hydrogen-bond acceptors (Lipinski definition) is 4. The summed E-state index contributed by atoms with van der Waals surface area (Å²) in [6, 6.07) is 3.23. The minimum Gasteiger partial charge on any atom is -0.293 e. The highest BCUT2D eigenvalue weighted by molar-refractivity contribution is 7.90. The van der Waals surface area contributed by atoms with E-state index in [1.165, 1.54) is 11.3 Å². The second-order valence-corrected chi connectivity index (χ2v) is 6.88. The molecule has 14 heavy (non-hydrogen) atoms. The molecular formula is C8H9ClO3S2. The Balaban J connectivity index is 2.60. The van der Waals surface area contributed by atoms with Crippen molar-refractivity contribution in [3.63, 3.8) is 0 Å². The molecule has 0 aliphatic carbocycles. The van der Waals surface area contributed by atoms with Crippen LogP contribution in [0.3, 0.4) is 0 Å². The van der Waals surface area contributed by atoms with E-state index in [4.69, 9.17) is 11.6 Å². The zero-order chi connectivity index (χ0) is 10.8. The quantitative estimate of drug-likeness (QED) is 0.771. The number of ketones is 1. The Kier molecular flexibility index (Phi) is 3.69. The number of carbonyl (C=O) groups is 1. The Morgan fingerprint density at radius 2 is 2.14 bits per heavy atom. The molecule has 0 atom stereocenters. The monoisotopic (exact) mass is 252 g/mol. The average Bonchev–Trinajstić information content (AvgIpc) is 2.46. The second kappa shape index (κ2) is 4.42. The summed E-state index contributed by atoms with van der Waals surface area (Å²) in [4.78, 5) is 11.9. The summed E-state index contributed by atoms with van der Waals surface area (Å²) in [7, 11) is -3.07. The summed E-state index contributed by atoms with van der Waals surface area (Å²) in [5.74, 6) is -0.284. The minimum absolute atomic E-state index is 0.0235. The van der Waals surface area contributed by atoms with Crippen LogP contribution >= 0.6 is 22.9 Å². The molecule has 0 bridgehead atoms. The van der Waals surface area contributed by atoms with Crippen molar-refractivity contribution in [1.82, 2.24) is 0 Å². The lowest BCUT2D eigenvalue weighted by Gasteiger charge is -1.95. The van der Waals surface area contributed by atoms with E-state index in [2.05, 4.69) is 0 Å². The predicted molar refractivity (Wildman–Crippen MR) is 58.0 cm³/mol. The van der Waals surface area contributed by atoms with Gasteiger partial charge >= 0.3 is 0 Å². The van der Waals surface area contributed by atoms with Crippen LogP contribution in [0.2, 0.25) is 4.34 Å². The third-order valence-corrected chi connectivity index (χ3v) is 3.77. The van der Waals surface area contributed by atoms with Gasteiger partial charge in [0.2, 0.25) is 0 Å². The smallest absolute Gasteiger partial charge is 0.173 e. The number of Topliss-reactive ketones (excluding diaryl/α,β-unsaturated/α-hetero) is 1. The number of hydrogen-bond donors (Lipinski definition) is 0. The molecule has 0 N–H and O–H groups in total. The van der Waals surface area contributed by atoms with Gasteiger partial charge in [0, 0.05) is 12.7 Å². The molecule has 1 rings (SSSR count). The van der Waals surface area contributed by atoms with Gasteiger partial charge in [-0.3, -0.25) is 4.79 Å². The molecule has 78 valence electrons. The Bertz CT molecular complexity index is 433. The SMILES string of the molecule is CS(=O)(=O)CCC(=O)c1ccc(Cl)s1. The van der Waals surface area contributed by atoms with Crippen LogP contribution in [0.5, 0.6) is 0 Å². The van der Waals surface area contributed by atoms with Crippen molar-refractivity contribution in [2.75, 3.05) is 12.0 Å². The zero-order valence-electron chi connectivity index (χ0n) is 7.49. The summed E-state index contributed by atoms with van der Waals surface area (Å²) >= 11 is 6.81. The van der Waals surface area contributed by atoms with Crippen LogP contribution < -0.4 is 0 Å². The molecule has 0 spiro atoms. The first-order valence-corrected chi connectivity index (χ1v) is 7.10. The van der Waals surface area contributed by atoms with Gasteiger partial charge < -0.3 is 0 Å². The largest absolute Gasteiger partial charge is 0.293 e. The minimum atomic E-state index is -3.07. The maximum Gasteiger partial charge on any atom is 0.173 e. The van der Waals surface area contributed by atoms with Crippen LogP contribution in [-0.2, 0) is 9.84 Å². The fourth-order valence-corrected chi connectivity index (χ4v) is 2.43. The Labute approximate surface area is 91.6 Å². The molecule has 0 radical (unpaired) electrons. The summed E-state index contributed by atoms with van der Waals surface area (Å²) in [5, 5.41) is 0. The number of thiophene rings is 1. The normalized spacial score (nSPS) is 11.6. The molecule has 1 aromatic rings. The zero-order valence-corrected chi connectivity index (χ0v) is 9.88. The first-order valence-electron chi connectivity index (χ1n) is 3.85. The van der Waals surface area contributed by atoms with Gasteiger partial charge in [0.05, 0.1) is 15.0 Å². The molecule has 0 aliphatic heterocycles. The van der Waals surface area contributed by atoms with E-state index < -0.39 is 9.84 Å². The highest BCUT2D eigenvalue weighted by Gasteiger charge is 2.11. The van der Waals surface area contributed by atoms with Crippen LogP contribution in [0.1, 0.15) is 16.1 Å². The van der Waals surface area contributed by atoms with E-state index in [9.17, 15) is 13.2 Å². The first kappa shape index (κ1) is 11.7. The molecule has 0 amide bonds. The lowest BCUT2D eigenvalue weighted by molar-refractivity contribution is 0.0992. The predicted octanol–water partition coefficient (Wildman–Crippen LogP) is 2.02. The van der Waals surface area contributed by atoms with Crippen molar-refractivity contribution >= 4 is 38.6 Å². The lowest BCUT2D eigenvalue weighted by Crippen LogP contribution is -2.08. The molecule has 0 unspecified atom stereocenters. The summed E-state index contributed by atoms with van der Waals surface area (Å²) in [5.41, 5.74) is 0. The van der Waals surface area contributed by atoms with Gasteiger partial charge in [0.1, 0.15) is 9.84 Å². The molecule has 6 heteroatoms. The first-order chi connectivity index (χ1) is 6.38. The van der Waals surface area contributed by atoms with E-state index in [-0.39, 0.29) is 18.0 Å². The molecule has 0 aromatic carbocycles. The third-order valence-electron chi connectivity index (χ3n) is 1.55. The summed E-state index contributed by atoms with van der Waals surface area (Å²) in [6.07, 6.45) is 1.14. The summed E-state index contributed by atoms with van der Waals surface area (Å²) < 4.78 is 22.1. The Hall–Kier alpha value is -0.390. The van der Waals surface area contributed by atoms with Gasteiger partial charge in [-0.15, -0.1) is 11.3 Å². The highest BCUT2D eigenvalue weighted by Crippen LogP contribution is 2.22. The fourth-order valence-electron chi connectivity index (χ4n) is 0.865. The molecule has 0 saturated heterocycles. The fraction of sp³-hybridized carbons (Fsp3) is 0.375. The molecular weight excluding hydrogens is 244 g/mol. The lowest BCUT2D eigenvalue weighted by atomic mass is 10.3. The maximum absolute atomic E-state index is 11.4. The summed E-state index contributed by atoms with van der Waals surface area (Å²) in [6.45, 7) is 0. The molecule has 1 aromatic heterocycles. The molecule has 3 nitrogen and oxygen atoms in total. The standard InChI is InChI=1S/C8H9ClO3S2/c1-14(11,12)5-4-6(10)7-2-3-8(9)13-7/h2-3H,4-5H2,1H3. The second-order valence-electron chi connectivity index (χ2n) is 2.91. The number of rotatable bonds is 4. The number of halogens is 1. The van der Waals surface area contributed by atoms with Crippen molar-refractivity contribution in [3.05, 3.63) is 21.3 Å². The number of sulfone groups is 1. The average molecular weight is 253 g/mol. The van der Waals surface area contributed by atoms with Crippen molar-refractivity contribution in [2.45, 2.75) is 6.42 Å². The Morgan fingerprint density at radius 3 is 2.57 bits per heavy atom. The van der Waals surface area contributed by atoms with Gasteiger partial charge in [-0.1, -0.05) is 11.6 Å². The highest BCUT2D eigenvalue weighted by atomic mass is 35.5. The van der Waals surface area contributed by atoms with E-state index in [1.54, 1.807) is 12.1 Å². The van der Waals surface area contributed by atoms with Gasteiger partial charge in [-0.25, -0.2) is 8.42 Å². The molecule has 0 saturated carbocycles. The van der Waals surface area contributed by atoms with Gasteiger partial charge in [0.15, 0.2) is 5.78 Å². The van der Waals surface area contributed by atoms with E-state index in [0.29, 0.717) is 9.21 Å². The van der Waals surface area contributed by atoms with E-state index >= 15 is 0 Å². The molecule has 0 aliphatic rings. The van der Waals surface area contributed by atoms with E-state index in [1.807, 2.05) is 0 Å². The van der Waals surface area contributed by atoms with Crippen molar-refractivity contribution < 1.29 is 13.2 Å². The maximum atomic E-state index is 11.4. The molecule has 0 fully saturated rings. The van der Waals surface area contributed by atoms with Gasteiger partial charge in [-0.2, -0.15) is 0 Å². The van der Waals surface area contributed by atoms with Crippen LogP contribution in [0.15, 0.2) is 12.1 Å². The van der Waals surface area contributed by atoms with Crippen molar-refractivity contribution in [1.29, 1.82) is 0 Å². The Morgan fingerprint density at radius 1 is 1.50 bits per heavy atom. The van der Waals surface area contributed by atoms with Gasteiger partial charge in [-0.05, 0) is 12.1 Å². The van der Waals surface area contributed by atoms with Crippen LogP contribution in [0.25, 0.3) is 0 Å². The van der Waals surface area contributed by atoms with Crippen LogP contribution in [0.4, 0.5) is 0 Å². The number of carbonyl (C=O) groups excluding carboxylic acids is 1. The van der Waals surface area contributed by atoms with Gasteiger partial charge in [0.25, 0.3) is 0 Å². The van der Waals surface area contributed by atoms with Crippen LogP contribution in [-0.4, -0.2) is 26.2 Å². The molecule has 1 heterocycles. The van der Waals surface area contributed by atoms with Crippen LogP contribution in [0, 0.1) is 0 Å².